The van der Waals surface area contributed by atoms with Crippen LogP contribution in [0.25, 0.3) is 0 Å². The quantitative estimate of drug-likeness (QED) is 0.886. The van der Waals surface area contributed by atoms with Gasteiger partial charge in [0.25, 0.3) is 0 Å². The molecule has 1 aliphatic rings. The Morgan fingerprint density at radius 3 is 2.73 bits per heavy atom. The van der Waals surface area contributed by atoms with E-state index in [0.717, 1.165) is 12.1 Å². The average molecular weight is 332 g/mol. The van der Waals surface area contributed by atoms with Crippen molar-refractivity contribution in [3.63, 3.8) is 0 Å². The zero-order valence-electron chi connectivity index (χ0n) is 12.2. The van der Waals surface area contributed by atoms with Gasteiger partial charge in [-0.2, -0.15) is 0 Å². The number of amides is 1. The fraction of sp³-hybridized carbons (Fsp3) is 0.500. The molecule has 5 nitrogen and oxygen atoms in total. The molecular formula is C14H18F2N2O3S. The van der Waals surface area contributed by atoms with Crippen LogP contribution in [0.5, 0.6) is 0 Å². The van der Waals surface area contributed by atoms with Crippen LogP contribution in [-0.4, -0.2) is 37.6 Å². The van der Waals surface area contributed by atoms with Crippen molar-refractivity contribution >= 4 is 15.9 Å². The summed E-state index contributed by atoms with van der Waals surface area (Å²) < 4.78 is 52.1. The van der Waals surface area contributed by atoms with Crippen LogP contribution >= 0.6 is 0 Å². The number of nitrogens with one attached hydrogen (secondary N) is 1. The van der Waals surface area contributed by atoms with E-state index in [0.29, 0.717) is 19.4 Å². The molecule has 0 aliphatic carbocycles. The average Bonchev–Trinajstić information content (AvgIpc) is 2.46. The summed E-state index contributed by atoms with van der Waals surface area (Å²) in [5.41, 5.74) is 0.203. The molecule has 1 aromatic carbocycles. The molecule has 0 saturated carbocycles. The second kappa shape index (κ2) is 6.70. The lowest BCUT2D eigenvalue weighted by atomic mass is 10.0. The third-order valence-corrected chi connectivity index (χ3v) is 5.01. The van der Waals surface area contributed by atoms with Gasteiger partial charge in [-0.1, -0.05) is 6.07 Å². The van der Waals surface area contributed by atoms with Gasteiger partial charge in [0.15, 0.2) is 0 Å². The SMILES string of the molecule is CCS(=O)(=O)N[C@H]1CCCN(Cc2ccc(F)cc2F)C1=O. The van der Waals surface area contributed by atoms with Gasteiger partial charge in [0.2, 0.25) is 15.9 Å². The Kier molecular flexibility index (Phi) is 5.12. The number of halogens is 2. The monoisotopic (exact) mass is 332 g/mol. The molecule has 1 heterocycles. The third-order valence-electron chi connectivity index (χ3n) is 3.61. The van der Waals surface area contributed by atoms with E-state index in [1.807, 2.05) is 0 Å². The summed E-state index contributed by atoms with van der Waals surface area (Å²) in [4.78, 5) is 13.7. The van der Waals surface area contributed by atoms with E-state index in [4.69, 9.17) is 0 Å². The Hall–Kier alpha value is -1.54. The number of carbonyl (C=O) groups is 1. The molecule has 8 heteroatoms. The first-order valence-corrected chi connectivity index (χ1v) is 8.70. The first-order chi connectivity index (χ1) is 10.3. The van der Waals surface area contributed by atoms with Crippen molar-refractivity contribution in [1.29, 1.82) is 0 Å². The molecule has 0 unspecified atom stereocenters. The van der Waals surface area contributed by atoms with Crippen molar-refractivity contribution in [2.24, 2.45) is 0 Å². The number of hydrogen-bond donors (Lipinski definition) is 1. The van der Waals surface area contributed by atoms with E-state index in [1.54, 1.807) is 0 Å². The fourth-order valence-electron chi connectivity index (χ4n) is 2.36. The molecule has 1 fully saturated rings. The molecule has 1 saturated heterocycles. The Bertz CT molecular complexity index is 664. The van der Waals surface area contributed by atoms with Gasteiger partial charge >= 0.3 is 0 Å². The standard InChI is InChI=1S/C14H18F2N2O3S/c1-2-22(20,21)17-13-4-3-7-18(14(13)19)9-10-5-6-11(15)8-12(10)16/h5-6,8,13,17H,2-4,7,9H2,1H3/t13-/m0/s1. The number of carbonyl (C=O) groups excluding carboxylic acids is 1. The van der Waals surface area contributed by atoms with Crippen molar-refractivity contribution in [2.75, 3.05) is 12.3 Å². The van der Waals surface area contributed by atoms with Crippen LogP contribution < -0.4 is 4.72 Å². The minimum absolute atomic E-state index is 0.00466. The van der Waals surface area contributed by atoms with Crippen molar-refractivity contribution in [2.45, 2.75) is 32.4 Å². The van der Waals surface area contributed by atoms with Gasteiger partial charge < -0.3 is 4.90 Å². The van der Waals surface area contributed by atoms with E-state index in [1.165, 1.54) is 17.9 Å². The second-order valence-electron chi connectivity index (χ2n) is 5.21. The third kappa shape index (κ3) is 4.01. The smallest absolute Gasteiger partial charge is 0.241 e. The lowest BCUT2D eigenvalue weighted by Crippen LogP contribution is -2.52. The molecule has 0 bridgehead atoms. The normalized spacial score (nSPS) is 19.5. The molecule has 1 aromatic rings. The van der Waals surface area contributed by atoms with Crippen LogP contribution in [0.15, 0.2) is 18.2 Å². The van der Waals surface area contributed by atoms with E-state index >= 15 is 0 Å². The van der Waals surface area contributed by atoms with Crippen LogP contribution in [0.3, 0.4) is 0 Å². The number of nitrogens with zero attached hydrogens (tertiary/aromatic N) is 1. The molecule has 22 heavy (non-hydrogen) atoms. The number of piperidine rings is 1. The van der Waals surface area contributed by atoms with Crippen LogP contribution in [0.4, 0.5) is 8.78 Å². The van der Waals surface area contributed by atoms with Gasteiger partial charge in [0.1, 0.15) is 17.7 Å². The summed E-state index contributed by atoms with van der Waals surface area (Å²) in [6.07, 6.45) is 1.03. The summed E-state index contributed by atoms with van der Waals surface area (Å²) in [5.74, 6) is -1.89. The molecule has 0 aromatic heterocycles. The van der Waals surface area contributed by atoms with E-state index in [2.05, 4.69) is 4.72 Å². The summed E-state index contributed by atoms with van der Waals surface area (Å²) in [5, 5.41) is 0. The van der Waals surface area contributed by atoms with Crippen LogP contribution in [0.1, 0.15) is 25.3 Å². The lowest BCUT2D eigenvalue weighted by molar-refractivity contribution is -0.136. The van der Waals surface area contributed by atoms with Crippen LogP contribution in [0, 0.1) is 11.6 Å². The first kappa shape index (κ1) is 16.8. The summed E-state index contributed by atoms with van der Waals surface area (Å²) in [7, 11) is -3.48. The van der Waals surface area contributed by atoms with Gasteiger partial charge in [-0.15, -0.1) is 0 Å². The molecule has 1 atom stereocenters. The van der Waals surface area contributed by atoms with Gasteiger partial charge in [0, 0.05) is 24.7 Å². The predicted octanol–water partition coefficient (Wildman–Crippen LogP) is 1.40. The maximum atomic E-state index is 13.7. The number of sulfonamides is 1. The molecule has 0 radical (unpaired) electrons. The van der Waals surface area contributed by atoms with E-state index in [9.17, 15) is 22.0 Å². The topological polar surface area (TPSA) is 66.5 Å². The highest BCUT2D eigenvalue weighted by atomic mass is 32.2. The maximum absolute atomic E-state index is 13.7. The van der Waals surface area contributed by atoms with E-state index < -0.39 is 27.7 Å². The zero-order valence-corrected chi connectivity index (χ0v) is 13.0. The van der Waals surface area contributed by atoms with Gasteiger partial charge in [-0.25, -0.2) is 21.9 Å². The fourth-order valence-corrected chi connectivity index (χ4v) is 3.18. The minimum Gasteiger partial charge on any atom is -0.337 e. The van der Waals surface area contributed by atoms with Gasteiger partial charge in [-0.3, -0.25) is 4.79 Å². The highest BCUT2D eigenvalue weighted by Gasteiger charge is 2.31. The van der Waals surface area contributed by atoms with Crippen molar-refractivity contribution < 1.29 is 22.0 Å². The molecular weight excluding hydrogens is 314 g/mol. The molecule has 1 N–H and O–H groups in total. The van der Waals surface area contributed by atoms with E-state index in [-0.39, 0.29) is 23.8 Å². The number of hydrogen-bond acceptors (Lipinski definition) is 3. The van der Waals surface area contributed by atoms with Crippen molar-refractivity contribution in [3.8, 4) is 0 Å². The predicted molar refractivity (Wildman–Crippen MR) is 77.4 cm³/mol. The molecule has 1 aliphatic heterocycles. The second-order valence-corrected chi connectivity index (χ2v) is 7.25. The summed E-state index contributed by atoms with van der Waals surface area (Å²) >= 11 is 0. The Labute approximate surface area is 128 Å². The number of rotatable bonds is 5. The number of benzene rings is 1. The first-order valence-electron chi connectivity index (χ1n) is 7.05. The Balaban J connectivity index is 2.10. The summed E-state index contributed by atoms with van der Waals surface area (Å²) in [6.45, 7) is 1.90. The van der Waals surface area contributed by atoms with Crippen LogP contribution in [-0.2, 0) is 21.4 Å². The highest BCUT2D eigenvalue weighted by molar-refractivity contribution is 7.89. The minimum atomic E-state index is -3.48. The van der Waals surface area contributed by atoms with Gasteiger partial charge in [0.05, 0.1) is 5.75 Å². The van der Waals surface area contributed by atoms with Crippen molar-refractivity contribution in [3.05, 3.63) is 35.4 Å². The molecule has 1 amide bonds. The Morgan fingerprint density at radius 1 is 1.36 bits per heavy atom. The lowest BCUT2D eigenvalue weighted by Gasteiger charge is -2.32. The largest absolute Gasteiger partial charge is 0.337 e. The number of likely N-dealkylation sites (tertiary alicyclic amines) is 1. The molecule has 2 rings (SSSR count). The van der Waals surface area contributed by atoms with Crippen molar-refractivity contribution in [1.82, 2.24) is 9.62 Å². The molecule has 122 valence electrons. The van der Waals surface area contributed by atoms with Crippen LogP contribution in [0.2, 0.25) is 0 Å². The molecule has 0 spiro atoms. The maximum Gasteiger partial charge on any atom is 0.241 e. The van der Waals surface area contributed by atoms with Gasteiger partial charge in [-0.05, 0) is 25.8 Å². The Morgan fingerprint density at radius 2 is 2.09 bits per heavy atom. The summed E-state index contributed by atoms with van der Waals surface area (Å²) in [6, 6.07) is 2.37. The highest BCUT2D eigenvalue weighted by Crippen LogP contribution is 2.18. The zero-order chi connectivity index (χ0) is 16.3.